The maximum absolute atomic E-state index is 12.4. The molecule has 0 aliphatic rings. The van der Waals surface area contributed by atoms with Gasteiger partial charge in [0.1, 0.15) is 12.6 Å². The van der Waals surface area contributed by atoms with Crippen LogP contribution in [-0.2, 0) is 37.5 Å². The summed E-state index contributed by atoms with van der Waals surface area (Å²) in [6, 6.07) is -1.51. The van der Waals surface area contributed by atoms with E-state index in [0.717, 1.165) is 38.5 Å². The van der Waals surface area contributed by atoms with Crippen molar-refractivity contribution in [2.75, 3.05) is 19.8 Å². The number of esters is 2. The molecule has 0 radical (unpaired) electrons. The van der Waals surface area contributed by atoms with Crippen LogP contribution in [-0.4, -0.2) is 59.9 Å². The van der Waals surface area contributed by atoms with Crippen LogP contribution < -0.4 is 5.73 Å². The van der Waals surface area contributed by atoms with Gasteiger partial charge in [-0.2, -0.15) is 0 Å². The summed E-state index contributed by atoms with van der Waals surface area (Å²) in [7, 11) is -4.69. The average Bonchev–Trinajstić information content (AvgIpc) is 2.97. The zero-order valence-electron chi connectivity index (χ0n) is 26.8. The molecule has 4 N–H and O–H groups in total. The molecule has 0 heterocycles. The first-order valence-corrected chi connectivity index (χ1v) is 18.1. The van der Waals surface area contributed by atoms with Gasteiger partial charge in [-0.25, -0.2) is 4.57 Å². The number of phosphoric acid groups is 1. The summed E-state index contributed by atoms with van der Waals surface area (Å²) >= 11 is 0. The minimum absolute atomic E-state index is 0.167. The second-order valence-corrected chi connectivity index (χ2v) is 12.8. The minimum Gasteiger partial charge on any atom is -0.480 e. The maximum atomic E-state index is 12.4. The largest absolute Gasteiger partial charge is 0.480 e. The van der Waals surface area contributed by atoms with Crippen molar-refractivity contribution < 1.29 is 47.5 Å². The molecule has 43 heavy (non-hydrogen) atoms. The van der Waals surface area contributed by atoms with Crippen LogP contribution in [0.15, 0.2) is 0 Å². The highest BCUT2D eigenvalue weighted by atomic mass is 31.2. The Kier molecular flexibility index (Phi) is 27.0. The molecule has 0 saturated heterocycles. The molecule has 0 amide bonds. The van der Waals surface area contributed by atoms with E-state index in [0.29, 0.717) is 12.8 Å². The predicted molar refractivity (Wildman–Crippen MR) is 166 cm³/mol. The van der Waals surface area contributed by atoms with Crippen molar-refractivity contribution in [3.8, 4) is 0 Å². The lowest BCUT2D eigenvalue weighted by Crippen LogP contribution is -2.34. The number of nitrogens with two attached hydrogens (primary N) is 1. The van der Waals surface area contributed by atoms with Crippen LogP contribution >= 0.6 is 7.82 Å². The Hall–Kier alpha value is -1.52. The molecule has 0 saturated carbocycles. The van der Waals surface area contributed by atoms with Crippen LogP contribution in [0.4, 0.5) is 0 Å². The van der Waals surface area contributed by atoms with Crippen LogP contribution in [0.1, 0.15) is 149 Å². The van der Waals surface area contributed by atoms with E-state index in [-0.39, 0.29) is 19.4 Å². The number of carboxylic acid groups (broad SMARTS) is 1. The third-order valence-electron chi connectivity index (χ3n) is 7.11. The summed E-state index contributed by atoms with van der Waals surface area (Å²) in [5, 5.41) is 8.81. The number of unbranched alkanes of at least 4 members (excludes halogenated alkanes) is 17. The lowest BCUT2D eigenvalue weighted by atomic mass is 10.1. The van der Waals surface area contributed by atoms with E-state index in [1.54, 1.807) is 0 Å². The Morgan fingerprint density at radius 2 is 1.02 bits per heavy atom. The molecule has 0 aromatic heterocycles. The fourth-order valence-electron chi connectivity index (χ4n) is 4.42. The maximum Gasteiger partial charge on any atom is 0.472 e. The molecule has 0 bridgehead atoms. The van der Waals surface area contributed by atoms with Crippen LogP contribution in [0.3, 0.4) is 0 Å². The fourth-order valence-corrected chi connectivity index (χ4v) is 5.19. The molecular formula is C31H60NO10P. The van der Waals surface area contributed by atoms with Gasteiger partial charge in [0.2, 0.25) is 0 Å². The number of carbonyl (C=O) groups is 3. The molecule has 3 unspecified atom stereocenters. The van der Waals surface area contributed by atoms with Crippen LogP contribution in [0.2, 0.25) is 0 Å². The van der Waals surface area contributed by atoms with Gasteiger partial charge in [-0.3, -0.25) is 23.4 Å². The Morgan fingerprint density at radius 1 is 0.628 bits per heavy atom. The van der Waals surface area contributed by atoms with Gasteiger partial charge < -0.3 is 25.2 Å². The molecule has 0 spiro atoms. The summed E-state index contributed by atoms with van der Waals surface area (Å²) in [6.45, 7) is 2.73. The molecule has 12 heteroatoms. The molecule has 0 aliphatic carbocycles. The van der Waals surface area contributed by atoms with Crippen molar-refractivity contribution in [1.82, 2.24) is 0 Å². The first kappa shape index (κ1) is 41.5. The van der Waals surface area contributed by atoms with Gasteiger partial charge in [0.05, 0.1) is 13.2 Å². The number of carboxylic acids is 1. The number of ether oxygens (including phenoxy) is 2. The van der Waals surface area contributed by atoms with Crippen LogP contribution in [0.5, 0.6) is 0 Å². The summed E-state index contributed by atoms with van der Waals surface area (Å²) in [4.78, 5) is 45.4. The van der Waals surface area contributed by atoms with Gasteiger partial charge in [-0.15, -0.1) is 0 Å². The zero-order valence-corrected chi connectivity index (χ0v) is 27.7. The highest BCUT2D eigenvalue weighted by Gasteiger charge is 2.28. The van der Waals surface area contributed by atoms with E-state index in [9.17, 15) is 23.8 Å². The fraction of sp³-hybridized carbons (Fsp3) is 0.903. The van der Waals surface area contributed by atoms with Crippen molar-refractivity contribution in [1.29, 1.82) is 0 Å². The minimum atomic E-state index is -4.69. The van der Waals surface area contributed by atoms with Crippen molar-refractivity contribution >= 4 is 25.7 Å². The normalized spacial score (nSPS) is 14.1. The Labute approximate surface area is 259 Å². The van der Waals surface area contributed by atoms with Crippen molar-refractivity contribution in [2.24, 2.45) is 5.73 Å². The Balaban J connectivity index is 4.52. The molecule has 0 aromatic carbocycles. The second kappa shape index (κ2) is 28.0. The lowest BCUT2D eigenvalue weighted by Gasteiger charge is -2.20. The molecule has 0 aromatic rings. The molecule has 0 aliphatic heterocycles. The van der Waals surface area contributed by atoms with Gasteiger partial charge in [0.25, 0.3) is 0 Å². The standard InChI is InChI=1S/C31H60NO10P/c1-3-5-7-9-11-13-15-17-19-21-23-30(34)42-27(25-40-43(37,38)41-26-28(32)31(35)36)24-39-29(33)22-20-18-16-14-12-10-8-6-4-2/h27-28H,3-26,32H2,1-2H3,(H,35,36)(H,37,38). The van der Waals surface area contributed by atoms with E-state index in [4.69, 9.17) is 24.8 Å². The monoisotopic (exact) mass is 637 g/mol. The van der Waals surface area contributed by atoms with Gasteiger partial charge in [-0.05, 0) is 12.8 Å². The smallest absolute Gasteiger partial charge is 0.472 e. The summed E-state index contributed by atoms with van der Waals surface area (Å²) < 4.78 is 32.3. The zero-order chi connectivity index (χ0) is 32.2. The van der Waals surface area contributed by atoms with Crippen LogP contribution in [0, 0.1) is 0 Å². The van der Waals surface area contributed by atoms with Crippen LogP contribution in [0.25, 0.3) is 0 Å². The van der Waals surface area contributed by atoms with E-state index in [2.05, 4.69) is 18.4 Å². The van der Waals surface area contributed by atoms with Crippen molar-refractivity contribution in [3.05, 3.63) is 0 Å². The van der Waals surface area contributed by atoms with E-state index >= 15 is 0 Å². The summed E-state index contributed by atoms with van der Waals surface area (Å²) in [5.74, 6) is -2.38. The van der Waals surface area contributed by atoms with Gasteiger partial charge in [-0.1, -0.05) is 123 Å². The molecule has 11 nitrogen and oxygen atoms in total. The molecule has 3 atom stereocenters. The third-order valence-corrected chi connectivity index (χ3v) is 8.06. The predicted octanol–water partition coefficient (Wildman–Crippen LogP) is 7.22. The van der Waals surface area contributed by atoms with E-state index in [1.165, 1.54) is 70.6 Å². The van der Waals surface area contributed by atoms with Gasteiger partial charge >= 0.3 is 25.7 Å². The molecule has 0 fully saturated rings. The Bertz CT molecular complexity index is 767. The SMILES string of the molecule is CCCCCCCCCCCCC(=O)OC(COC(=O)CCCCCCCCCCC)COP(=O)(O)OCC(N)C(=O)O. The lowest BCUT2D eigenvalue weighted by molar-refractivity contribution is -0.161. The summed E-state index contributed by atoms with van der Waals surface area (Å²) in [6.07, 6.45) is 20.5. The van der Waals surface area contributed by atoms with E-state index in [1.807, 2.05) is 0 Å². The molecular weight excluding hydrogens is 577 g/mol. The number of phosphoric ester groups is 1. The molecule has 0 rings (SSSR count). The highest BCUT2D eigenvalue weighted by Crippen LogP contribution is 2.43. The first-order chi connectivity index (χ1) is 20.6. The number of aliphatic carboxylic acids is 1. The number of rotatable bonds is 31. The van der Waals surface area contributed by atoms with Gasteiger partial charge in [0, 0.05) is 12.8 Å². The number of hydrogen-bond acceptors (Lipinski definition) is 9. The topological polar surface area (TPSA) is 172 Å². The van der Waals surface area contributed by atoms with E-state index < -0.39 is 51.1 Å². The Morgan fingerprint density at radius 3 is 1.47 bits per heavy atom. The van der Waals surface area contributed by atoms with Crippen molar-refractivity contribution in [2.45, 2.75) is 161 Å². The second-order valence-electron chi connectivity index (χ2n) is 11.3. The van der Waals surface area contributed by atoms with Gasteiger partial charge in [0.15, 0.2) is 6.10 Å². The quantitative estimate of drug-likeness (QED) is 0.0398. The third kappa shape index (κ3) is 27.7. The first-order valence-electron chi connectivity index (χ1n) is 16.6. The highest BCUT2D eigenvalue weighted by molar-refractivity contribution is 7.47. The average molecular weight is 638 g/mol. The van der Waals surface area contributed by atoms with Crippen molar-refractivity contribution in [3.63, 3.8) is 0 Å². The number of carbonyl (C=O) groups excluding carboxylic acids is 2. The summed E-state index contributed by atoms with van der Waals surface area (Å²) in [5.41, 5.74) is 5.29. The number of hydrogen-bond donors (Lipinski definition) is 3. The molecule has 254 valence electrons.